The van der Waals surface area contributed by atoms with Gasteiger partial charge in [0.05, 0.1) is 13.1 Å². The summed E-state index contributed by atoms with van der Waals surface area (Å²) in [6, 6.07) is 8.71. The summed E-state index contributed by atoms with van der Waals surface area (Å²) in [6.45, 7) is 11.6. The van der Waals surface area contributed by atoms with Crippen molar-refractivity contribution in [1.29, 1.82) is 0 Å². The molecule has 0 aliphatic carbocycles. The number of anilines is 1. The Hall–Kier alpha value is -2.54. The predicted octanol–water partition coefficient (Wildman–Crippen LogP) is 1.77. The molecular weight excluding hydrogens is 388 g/mol. The van der Waals surface area contributed by atoms with Gasteiger partial charge in [0.2, 0.25) is 5.91 Å². The van der Waals surface area contributed by atoms with E-state index in [4.69, 9.17) is 4.99 Å². The van der Waals surface area contributed by atoms with Gasteiger partial charge in [0.1, 0.15) is 0 Å². The normalized spacial score (nSPS) is 20.0. The number of aliphatic imine (C=N–C) groups is 1. The van der Waals surface area contributed by atoms with Gasteiger partial charge in [-0.1, -0.05) is 24.3 Å². The molecule has 0 spiro atoms. The van der Waals surface area contributed by atoms with Crippen LogP contribution in [-0.2, 0) is 11.3 Å². The first-order valence-electron chi connectivity index (χ1n) is 11.7. The second-order valence-electron chi connectivity index (χ2n) is 8.57. The smallest absolute Gasteiger partial charge is 0.236 e. The summed E-state index contributed by atoms with van der Waals surface area (Å²) in [5.41, 5.74) is 2.49. The zero-order chi connectivity index (χ0) is 21.5. The molecule has 3 aliphatic rings. The fourth-order valence-electron chi connectivity index (χ4n) is 4.51. The zero-order valence-electron chi connectivity index (χ0n) is 18.8. The van der Waals surface area contributed by atoms with E-state index in [1.54, 1.807) is 0 Å². The van der Waals surface area contributed by atoms with Crippen LogP contribution < -0.4 is 10.2 Å². The van der Waals surface area contributed by atoms with Gasteiger partial charge < -0.3 is 20.0 Å². The lowest BCUT2D eigenvalue weighted by molar-refractivity contribution is -0.131. The minimum Gasteiger partial charge on any atom is -0.364 e. The first kappa shape index (κ1) is 21.7. The molecule has 4 rings (SSSR count). The number of nitrogens with zero attached hydrogens (tertiary/aromatic N) is 5. The fourth-order valence-corrected chi connectivity index (χ4v) is 4.51. The largest absolute Gasteiger partial charge is 0.364 e. The molecule has 3 aliphatic heterocycles. The molecule has 168 valence electrons. The summed E-state index contributed by atoms with van der Waals surface area (Å²) in [6.07, 6.45) is 6.73. The number of hydrogen-bond acceptors (Lipinski definition) is 4. The quantitative estimate of drug-likeness (QED) is 0.429. The number of amides is 1. The van der Waals surface area contributed by atoms with E-state index in [2.05, 4.69) is 63.4 Å². The maximum absolute atomic E-state index is 12.4. The molecule has 0 aromatic heterocycles. The van der Waals surface area contributed by atoms with Gasteiger partial charge in [-0.15, -0.1) is 0 Å². The van der Waals surface area contributed by atoms with Crippen LogP contribution in [0.3, 0.4) is 0 Å². The summed E-state index contributed by atoms with van der Waals surface area (Å²) in [7, 11) is 0. The van der Waals surface area contributed by atoms with E-state index in [0.29, 0.717) is 19.0 Å². The number of carbonyl (C=O) groups excluding carboxylic acids is 1. The Morgan fingerprint density at radius 1 is 1.00 bits per heavy atom. The highest BCUT2D eigenvalue weighted by atomic mass is 16.2. The van der Waals surface area contributed by atoms with Crippen LogP contribution in [0, 0.1) is 0 Å². The van der Waals surface area contributed by atoms with Crippen molar-refractivity contribution in [2.45, 2.75) is 26.3 Å². The van der Waals surface area contributed by atoms with Crippen LogP contribution in [0.25, 0.3) is 0 Å². The SMILES string of the molecule is CCNC(=NCc1cccc(N2CC=CC2)c1)N1CCN(CC(=O)N2CCCC2)CC1. The maximum atomic E-state index is 12.4. The van der Waals surface area contributed by atoms with Gasteiger partial charge in [-0.3, -0.25) is 9.69 Å². The summed E-state index contributed by atoms with van der Waals surface area (Å²) in [4.78, 5) is 26.4. The molecule has 1 amide bonds. The van der Waals surface area contributed by atoms with Gasteiger partial charge in [-0.25, -0.2) is 4.99 Å². The van der Waals surface area contributed by atoms with Gasteiger partial charge in [0.25, 0.3) is 0 Å². The molecule has 0 atom stereocenters. The Kier molecular flexibility index (Phi) is 7.46. The van der Waals surface area contributed by atoms with Gasteiger partial charge >= 0.3 is 0 Å². The monoisotopic (exact) mass is 424 g/mol. The van der Waals surface area contributed by atoms with Gasteiger partial charge in [0.15, 0.2) is 5.96 Å². The average Bonchev–Trinajstić information content (AvgIpc) is 3.52. The average molecular weight is 425 g/mol. The van der Waals surface area contributed by atoms with Crippen molar-refractivity contribution in [1.82, 2.24) is 20.0 Å². The fraction of sp³-hybridized carbons (Fsp3) is 0.583. The number of guanidine groups is 1. The van der Waals surface area contributed by atoms with Crippen LogP contribution in [-0.4, -0.2) is 92.0 Å². The van der Waals surface area contributed by atoms with Crippen molar-refractivity contribution in [3.63, 3.8) is 0 Å². The van der Waals surface area contributed by atoms with Gasteiger partial charge in [-0.05, 0) is 37.5 Å². The highest BCUT2D eigenvalue weighted by Crippen LogP contribution is 2.19. The number of nitrogens with one attached hydrogen (secondary N) is 1. The molecular formula is C24H36N6O. The lowest BCUT2D eigenvalue weighted by atomic mass is 10.2. The number of hydrogen-bond donors (Lipinski definition) is 1. The van der Waals surface area contributed by atoms with E-state index in [0.717, 1.165) is 77.7 Å². The van der Waals surface area contributed by atoms with Crippen LogP contribution in [0.5, 0.6) is 0 Å². The molecule has 0 radical (unpaired) electrons. The molecule has 0 saturated carbocycles. The minimum absolute atomic E-state index is 0.291. The highest BCUT2D eigenvalue weighted by Gasteiger charge is 2.24. The Labute approximate surface area is 186 Å². The number of likely N-dealkylation sites (tertiary alicyclic amines) is 1. The Balaban J connectivity index is 1.31. The van der Waals surface area contributed by atoms with E-state index < -0.39 is 0 Å². The van der Waals surface area contributed by atoms with E-state index in [9.17, 15) is 4.79 Å². The van der Waals surface area contributed by atoms with E-state index in [1.165, 1.54) is 11.3 Å². The Morgan fingerprint density at radius 3 is 2.45 bits per heavy atom. The number of rotatable bonds is 6. The van der Waals surface area contributed by atoms with Crippen molar-refractivity contribution < 1.29 is 4.79 Å². The standard InChI is InChI=1S/C24H36N6O/c1-2-25-24(26-19-21-8-7-9-22(18-21)28-10-3-4-11-28)30-16-14-27(15-17-30)20-23(31)29-12-5-6-13-29/h3-4,7-9,18H,2,5-6,10-17,19-20H2,1H3,(H,25,26). The lowest BCUT2D eigenvalue weighted by Gasteiger charge is -2.36. The van der Waals surface area contributed by atoms with Crippen molar-refractivity contribution in [2.24, 2.45) is 4.99 Å². The molecule has 7 nitrogen and oxygen atoms in total. The maximum Gasteiger partial charge on any atom is 0.236 e. The number of benzene rings is 1. The molecule has 1 aromatic rings. The summed E-state index contributed by atoms with van der Waals surface area (Å²) < 4.78 is 0. The molecule has 2 saturated heterocycles. The van der Waals surface area contributed by atoms with Crippen LogP contribution >= 0.6 is 0 Å². The van der Waals surface area contributed by atoms with Crippen LogP contribution in [0.1, 0.15) is 25.3 Å². The molecule has 2 fully saturated rings. The van der Waals surface area contributed by atoms with Crippen molar-refractivity contribution in [3.8, 4) is 0 Å². The van der Waals surface area contributed by atoms with Crippen LogP contribution in [0.15, 0.2) is 41.4 Å². The third-order valence-electron chi connectivity index (χ3n) is 6.33. The minimum atomic E-state index is 0.291. The molecule has 1 N–H and O–H groups in total. The molecule has 1 aromatic carbocycles. The van der Waals surface area contributed by atoms with Crippen molar-refractivity contribution >= 4 is 17.6 Å². The molecule has 3 heterocycles. The van der Waals surface area contributed by atoms with E-state index >= 15 is 0 Å². The second-order valence-corrected chi connectivity index (χ2v) is 8.57. The third kappa shape index (κ3) is 5.79. The summed E-state index contributed by atoms with van der Waals surface area (Å²) in [5.74, 6) is 1.26. The van der Waals surface area contributed by atoms with E-state index in [1.807, 2.05) is 4.90 Å². The first-order valence-corrected chi connectivity index (χ1v) is 11.7. The molecule has 0 bridgehead atoms. The molecule has 0 unspecified atom stereocenters. The van der Waals surface area contributed by atoms with Crippen molar-refractivity contribution in [3.05, 3.63) is 42.0 Å². The third-order valence-corrected chi connectivity index (χ3v) is 6.33. The highest BCUT2D eigenvalue weighted by molar-refractivity contribution is 5.80. The predicted molar refractivity (Wildman–Crippen MR) is 126 cm³/mol. The lowest BCUT2D eigenvalue weighted by Crippen LogP contribution is -2.54. The Bertz CT molecular complexity index is 785. The summed E-state index contributed by atoms with van der Waals surface area (Å²) >= 11 is 0. The summed E-state index contributed by atoms with van der Waals surface area (Å²) in [5, 5.41) is 3.45. The number of carbonyl (C=O) groups is 1. The van der Waals surface area contributed by atoms with Crippen LogP contribution in [0.4, 0.5) is 5.69 Å². The van der Waals surface area contributed by atoms with Gasteiger partial charge in [0, 0.05) is 64.6 Å². The first-order chi connectivity index (χ1) is 15.2. The van der Waals surface area contributed by atoms with Gasteiger partial charge in [-0.2, -0.15) is 0 Å². The topological polar surface area (TPSA) is 54.4 Å². The molecule has 31 heavy (non-hydrogen) atoms. The second kappa shape index (κ2) is 10.7. The zero-order valence-corrected chi connectivity index (χ0v) is 18.8. The molecule has 7 heteroatoms. The van der Waals surface area contributed by atoms with E-state index in [-0.39, 0.29) is 0 Å². The van der Waals surface area contributed by atoms with Crippen LogP contribution in [0.2, 0.25) is 0 Å². The number of piperazine rings is 1. The van der Waals surface area contributed by atoms with Crippen molar-refractivity contribution in [2.75, 3.05) is 70.3 Å². The Morgan fingerprint density at radius 2 is 1.74 bits per heavy atom.